The van der Waals surface area contributed by atoms with Crippen LogP contribution in [0.1, 0.15) is 11.1 Å². The van der Waals surface area contributed by atoms with Gasteiger partial charge in [0.1, 0.15) is 13.2 Å². The Kier molecular flexibility index (Phi) is 5.75. The van der Waals surface area contributed by atoms with Crippen LogP contribution in [0, 0.1) is 11.3 Å². The molecule has 0 amide bonds. The van der Waals surface area contributed by atoms with E-state index in [2.05, 4.69) is 16.0 Å². The molecule has 134 valence electrons. The minimum atomic E-state index is -0.358. The zero-order valence-electron chi connectivity index (χ0n) is 14.9. The third kappa shape index (κ3) is 4.67. The fourth-order valence-electron chi connectivity index (χ4n) is 2.58. The van der Waals surface area contributed by atoms with E-state index in [4.69, 9.17) is 4.74 Å². The van der Waals surface area contributed by atoms with E-state index >= 15 is 0 Å². The molecule has 0 atom stereocenters. The molecule has 27 heavy (non-hydrogen) atoms. The van der Waals surface area contributed by atoms with Crippen LogP contribution in [-0.4, -0.2) is 29.5 Å². The van der Waals surface area contributed by atoms with Gasteiger partial charge in [-0.2, -0.15) is 5.26 Å². The fourth-order valence-corrected chi connectivity index (χ4v) is 2.58. The fraction of sp³-hybridized carbons (Fsp3) is 0.143. The lowest BCUT2D eigenvalue weighted by Crippen LogP contribution is -2.28. The third-order valence-corrected chi connectivity index (χ3v) is 3.97. The van der Waals surface area contributed by atoms with Crippen LogP contribution in [0.5, 0.6) is 0 Å². The molecule has 0 fully saturated rings. The zero-order chi connectivity index (χ0) is 19.1. The normalized spacial score (nSPS) is 10.1. The van der Waals surface area contributed by atoms with Crippen LogP contribution in [0.2, 0.25) is 0 Å². The molecule has 0 aliphatic heterocycles. The molecule has 3 aromatic rings. The van der Waals surface area contributed by atoms with Gasteiger partial charge in [-0.1, -0.05) is 42.5 Å². The number of benzene rings is 2. The smallest absolute Gasteiger partial charge is 0.325 e. The molecular weight excluding hydrogens is 340 g/mol. The maximum Gasteiger partial charge on any atom is 0.325 e. The SMILES string of the molecule is CN(CC(=O)OCc1ccc(-c2ccccc2C#N)cc1)c1ncccn1. The summed E-state index contributed by atoms with van der Waals surface area (Å²) in [5.74, 6) is 0.110. The Labute approximate surface area is 157 Å². The number of ether oxygens (including phenoxy) is 1. The lowest BCUT2D eigenvalue weighted by atomic mass is 9.99. The summed E-state index contributed by atoms with van der Waals surface area (Å²) in [5.41, 5.74) is 3.33. The van der Waals surface area contributed by atoms with Crippen LogP contribution < -0.4 is 4.90 Å². The van der Waals surface area contributed by atoms with Crippen molar-refractivity contribution >= 4 is 11.9 Å². The quantitative estimate of drug-likeness (QED) is 0.630. The molecule has 6 heteroatoms. The van der Waals surface area contributed by atoms with E-state index in [1.165, 1.54) is 0 Å². The molecule has 0 aliphatic carbocycles. The van der Waals surface area contributed by atoms with Crippen molar-refractivity contribution in [2.24, 2.45) is 0 Å². The van der Waals surface area contributed by atoms with E-state index in [0.29, 0.717) is 11.5 Å². The maximum absolute atomic E-state index is 12.0. The molecule has 0 N–H and O–H groups in total. The van der Waals surface area contributed by atoms with Gasteiger partial charge in [-0.25, -0.2) is 9.97 Å². The average Bonchev–Trinajstić information content (AvgIpc) is 2.73. The molecule has 1 aromatic heterocycles. The van der Waals surface area contributed by atoms with Crippen molar-refractivity contribution in [3.63, 3.8) is 0 Å². The summed E-state index contributed by atoms with van der Waals surface area (Å²) in [6.45, 7) is 0.250. The van der Waals surface area contributed by atoms with Crippen LogP contribution in [-0.2, 0) is 16.1 Å². The van der Waals surface area contributed by atoms with Crippen molar-refractivity contribution in [1.29, 1.82) is 5.26 Å². The van der Waals surface area contributed by atoms with Gasteiger partial charge < -0.3 is 9.64 Å². The van der Waals surface area contributed by atoms with E-state index < -0.39 is 0 Å². The van der Waals surface area contributed by atoms with E-state index in [9.17, 15) is 10.1 Å². The van der Waals surface area contributed by atoms with E-state index in [1.54, 1.807) is 36.5 Å². The molecule has 3 rings (SSSR count). The average molecular weight is 358 g/mol. The first-order valence-corrected chi connectivity index (χ1v) is 8.39. The second-order valence-corrected chi connectivity index (χ2v) is 5.92. The molecule has 0 saturated carbocycles. The number of anilines is 1. The van der Waals surface area contributed by atoms with E-state index in [0.717, 1.165) is 16.7 Å². The van der Waals surface area contributed by atoms with Gasteiger partial charge in [0.05, 0.1) is 11.6 Å². The number of aromatic nitrogens is 2. The first-order chi connectivity index (χ1) is 13.2. The van der Waals surface area contributed by atoms with Crippen molar-refractivity contribution in [2.75, 3.05) is 18.5 Å². The van der Waals surface area contributed by atoms with Gasteiger partial charge in [0.25, 0.3) is 0 Å². The van der Waals surface area contributed by atoms with Crippen LogP contribution in [0.25, 0.3) is 11.1 Å². The summed E-state index contributed by atoms with van der Waals surface area (Å²) in [7, 11) is 1.73. The Balaban J connectivity index is 1.57. The zero-order valence-corrected chi connectivity index (χ0v) is 14.9. The van der Waals surface area contributed by atoms with Gasteiger partial charge in [0.15, 0.2) is 0 Å². The van der Waals surface area contributed by atoms with Crippen molar-refractivity contribution < 1.29 is 9.53 Å². The second-order valence-electron chi connectivity index (χ2n) is 5.92. The topological polar surface area (TPSA) is 79.1 Å². The maximum atomic E-state index is 12.0. The summed E-state index contributed by atoms with van der Waals surface area (Å²) in [5, 5.41) is 9.21. The highest BCUT2D eigenvalue weighted by molar-refractivity contribution is 5.75. The van der Waals surface area contributed by atoms with Crippen molar-refractivity contribution in [3.05, 3.63) is 78.1 Å². The van der Waals surface area contributed by atoms with Crippen molar-refractivity contribution in [2.45, 2.75) is 6.61 Å². The highest BCUT2D eigenvalue weighted by Crippen LogP contribution is 2.23. The number of carbonyl (C=O) groups excluding carboxylic acids is 1. The number of likely N-dealkylation sites (N-methyl/N-ethyl adjacent to an activating group) is 1. The lowest BCUT2D eigenvalue weighted by molar-refractivity contribution is -0.143. The van der Waals surface area contributed by atoms with Crippen LogP contribution in [0.3, 0.4) is 0 Å². The first kappa shape index (κ1) is 18.1. The Morgan fingerprint density at radius 3 is 2.48 bits per heavy atom. The van der Waals surface area contributed by atoms with Gasteiger partial charge in [-0.15, -0.1) is 0 Å². The molecule has 0 unspecified atom stereocenters. The van der Waals surface area contributed by atoms with Gasteiger partial charge in [-0.3, -0.25) is 4.79 Å². The van der Waals surface area contributed by atoms with Gasteiger partial charge >= 0.3 is 5.97 Å². The van der Waals surface area contributed by atoms with Crippen molar-refractivity contribution in [3.8, 4) is 17.2 Å². The molecule has 1 heterocycles. The highest BCUT2D eigenvalue weighted by Gasteiger charge is 2.11. The monoisotopic (exact) mass is 358 g/mol. The first-order valence-electron chi connectivity index (χ1n) is 8.39. The summed E-state index contributed by atoms with van der Waals surface area (Å²) in [6, 6.07) is 19.0. The number of nitrogens with zero attached hydrogens (tertiary/aromatic N) is 4. The lowest BCUT2D eigenvalue weighted by Gasteiger charge is -2.15. The third-order valence-electron chi connectivity index (χ3n) is 3.97. The number of rotatable bonds is 6. The molecule has 0 aliphatic rings. The highest BCUT2D eigenvalue weighted by atomic mass is 16.5. The molecular formula is C21H18N4O2. The number of nitriles is 1. The molecule has 0 bridgehead atoms. The molecule has 0 spiro atoms. The van der Waals surface area contributed by atoms with Crippen molar-refractivity contribution in [1.82, 2.24) is 9.97 Å². The summed E-state index contributed by atoms with van der Waals surface area (Å²) in [6.07, 6.45) is 3.24. The largest absolute Gasteiger partial charge is 0.459 e. The van der Waals surface area contributed by atoms with Gasteiger partial charge in [-0.05, 0) is 28.8 Å². The van der Waals surface area contributed by atoms with Gasteiger partial charge in [0, 0.05) is 19.4 Å². The predicted molar refractivity (Wildman–Crippen MR) is 102 cm³/mol. The molecule has 0 saturated heterocycles. The Morgan fingerprint density at radius 1 is 1.07 bits per heavy atom. The standard InChI is InChI=1S/C21H18N4O2/c1-25(21-23-11-4-12-24-21)14-20(26)27-15-16-7-9-17(10-8-16)19-6-3-2-5-18(19)13-22/h2-12H,14-15H2,1H3. The minimum absolute atomic E-state index is 0.0671. The second kappa shape index (κ2) is 8.59. The number of esters is 1. The molecule has 2 aromatic carbocycles. The summed E-state index contributed by atoms with van der Waals surface area (Å²) < 4.78 is 5.32. The number of hydrogen-bond acceptors (Lipinski definition) is 6. The molecule has 6 nitrogen and oxygen atoms in total. The van der Waals surface area contributed by atoms with E-state index in [1.807, 2.05) is 42.5 Å². The number of hydrogen-bond donors (Lipinski definition) is 0. The molecule has 0 radical (unpaired) electrons. The minimum Gasteiger partial charge on any atom is -0.459 e. The van der Waals surface area contributed by atoms with Crippen LogP contribution in [0.4, 0.5) is 5.95 Å². The number of carbonyl (C=O) groups is 1. The van der Waals surface area contributed by atoms with E-state index in [-0.39, 0.29) is 19.1 Å². The van der Waals surface area contributed by atoms with Crippen LogP contribution in [0.15, 0.2) is 67.0 Å². The van der Waals surface area contributed by atoms with Crippen LogP contribution >= 0.6 is 0 Å². The van der Waals surface area contributed by atoms with Gasteiger partial charge in [0.2, 0.25) is 5.95 Å². The predicted octanol–water partition coefficient (Wildman–Crippen LogP) is 3.19. The summed E-state index contributed by atoms with van der Waals surface area (Å²) >= 11 is 0. The Morgan fingerprint density at radius 2 is 1.78 bits per heavy atom. The Hall–Kier alpha value is -3.72. The summed E-state index contributed by atoms with van der Waals surface area (Å²) in [4.78, 5) is 21.8. The Bertz CT molecular complexity index is 950.